The van der Waals surface area contributed by atoms with Gasteiger partial charge in [0, 0.05) is 26.2 Å². The third kappa shape index (κ3) is 3.03. The average Bonchev–Trinajstić information content (AvgIpc) is 2.27. The number of ketones is 1. The molecule has 0 saturated heterocycles. The highest BCUT2D eigenvalue weighted by atomic mass is 19.2. The number of hydrogen-bond donors (Lipinski definition) is 0. The number of hydrogen-bond acceptors (Lipinski definition) is 2. The molecule has 0 unspecified atom stereocenters. The molecule has 0 saturated carbocycles. The maximum Gasteiger partial charge on any atom is 0.172 e. The fraction of sp³-hybridized carbons (Fsp3) is 0.364. The van der Waals surface area contributed by atoms with Crippen molar-refractivity contribution in [1.29, 1.82) is 0 Å². The van der Waals surface area contributed by atoms with Gasteiger partial charge >= 0.3 is 0 Å². The predicted octanol–water partition coefficient (Wildman–Crippen LogP) is 2.85. The standard InChI is InChI=1S/C11H10F4O2/c1-17-4-2-3-8(16)9-10(14)6(12)5-7(13)11(9)15/h5H,2-4H2,1H3. The lowest BCUT2D eigenvalue weighted by Gasteiger charge is -2.05. The molecule has 0 atom stereocenters. The number of carbonyl (C=O) groups excluding carboxylic acids is 1. The second kappa shape index (κ2) is 5.77. The van der Waals surface area contributed by atoms with Crippen LogP contribution in [0.5, 0.6) is 0 Å². The third-order valence-electron chi connectivity index (χ3n) is 2.14. The fourth-order valence-electron chi connectivity index (χ4n) is 1.32. The molecule has 0 aliphatic rings. The summed E-state index contributed by atoms with van der Waals surface area (Å²) in [6.07, 6.45) is -0.0308. The van der Waals surface area contributed by atoms with E-state index < -0.39 is 34.6 Å². The SMILES string of the molecule is COCCCC(=O)c1c(F)c(F)cc(F)c1F. The first-order chi connectivity index (χ1) is 7.99. The molecule has 0 aromatic heterocycles. The first-order valence-electron chi connectivity index (χ1n) is 4.84. The topological polar surface area (TPSA) is 26.3 Å². The first-order valence-corrected chi connectivity index (χ1v) is 4.84. The molecule has 0 spiro atoms. The van der Waals surface area contributed by atoms with E-state index in [-0.39, 0.29) is 25.5 Å². The molecule has 0 aliphatic carbocycles. The fourth-order valence-corrected chi connectivity index (χ4v) is 1.32. The number of benzene rings is 1. The van der Waals surface area contributed by atoms with Crippen LogP contribution in [-0.4, -0.2) is 19.5 Å². The van der Waals surface area contributed by atoms with Crippen LogP contribution in [0, 0.1) is 23.3 Å². The van der Waals surface area contributed by atoms with Crippen molar-refractivity contribution in [3.05, 3.63) is 34.9 Å². The maximum absolute atomic E-state index is 13.2. The summed E-state index contributed by atoms with van der Waals surface area (Å²) < 4.78 is 56.6. The zero-order chi connectivity index (χ0) is 13.0. The van der Waals surface area contributed by atoms with Crippen LogP contribution >= 0.6 is 0 Å². The first kappa shape index (κ1) is 13.6. The van der Waals surface area contributed by atoms with E-state index in [9.17, 15) is 22.4 Å². The van der Waals surface area contributed by atoms with Gasteiger partial charge in [-0.05, 0) is 6.42 Å². The highest BCUT2D eigenvalue weighted by Gasteiger charge is 2.24. The molecule has 0 bridgehead atoms. The number of carbonyl (C=O) groups is 1. The van der Waals surface area contributed by atoms with Gasteiger partial charge in [-0.1, -0.05) is 0 Å². The zero-order valence-corrected chi connectivity index (χ0v) is 9.03. The molecular formula is C11H10F4O2. The van der Waals surface area contributed by atoms with E-state index in [4.69, 9.17) is 0 Å². The number of methoxy groups -OCH3 is 1. The Morgan fingerprint density at radius 1 is 1.18 bits per heavy atom. The van der Waals surface area contributed by atoms with E-state index in [0.717, 1.165) is 0 Å². The molecule has 0 heterocycles. The van der Waals surface area contributed by atoms with Gasteiger partial charge in [-0.2, -0.15) is 0 Å². The Kier molecular flexibility index (Phi) is 4.62. The van der Waals surface area contributed by atoms with Gasteiger partial charge in [-0.3, -0.25) is 4.79 Å². The number of rotatable bonds is 5. The lowest BCUT2D eigenvalue weighted by atomic mass is 10.0. The third-order valence-corrected chi connectivity index (χ3v) is 2.14. The summed E-state index contributed by atoms with van der Waals surface area (Å²) >= 11 is 0. The summed E-state index contributed by atoms with van der Waals surface area (Å²) in [5.41, 5.74) is -1.17. The molecule has 0 radical (unpaired) electrons. The summed E-state index contributed by atoms with van der Waals surface area (Å²) in [7, 11) is 1.40. The van der Waals surface area contributed by atoms with Gasteiger partial charge in [-0.25, -0.2) is 17.6 Å². The molecule has 0 aliphatic heterocycles. The van der Waals surface area contributed by atoms with Crippen LogP contribution in [-0.2, 0) is 4.74 Å². The highest BCUT2D eigenvalue weighted by Crippen LogP contribution is 2.21. The van der Waals surface area contributed by atoms with Crippen LogP contribution in [0.15, 0.2) is 6.07 Å². The summed E-state index contributed by atoms with van der Waals surface area (Å²) in [6, 6.07) is 0.0661. The molecule has 17 heavy (non-hydrogen) atoms. The minimum absolute atomic E-state index is 0.0661. The molecule has 1 rings (SSSR count). The summed E-state index contributed by atoms with van der Waals surface area (Å²) in [4.78, 5) is 11.4. The maximum atomic E-state index is 13.2. The van der Waals surface area contributed by atoms with Gasteiger partial charge in [0.25, 0.3) is 0 Å². The molecule has 6 heteroatoms. The summed E-state index contributed by atoms with van der Waals surface area (Å²) in [6.45, 7) is 0.215. The van der Waals surface area contributed by atoms with Crippen molar-refractivity contribution in [3.63, 3.8) is 0 Å². The largest absolute Gasteiger partial charge is 0.385 e. The Labute approximate surface area is 95.2 Å². The highest BCUT2D eigenvalue weighted by molar-refractivity contribution is 5.96. The average molecular weight is 250 g/mol. The normalized spacial score (nSPS) is 10.6. The van der Waals surface area contributed by atoms with Crippen LogP contribution in [0.2, 0.25) is 0 Å². The van der Waals surface area contributed by atoms with Crippen LogP contribution in [0.3, 0.4) is 0 Å². The van der Waals surface area contributed by atoms with Crippen molar-refractivity contribution >= 4 is 5.78 Å². The van der Waals surface area contributed by atoms with E-state index in [1.165, 1.54) is 7.11 Å². The Hall–Kier alpha value is -1.43. The zero-order valence-electron chi connectivity index (χ0n) is 9.03. The predicted molar refractivity (Wildman–Crippen MR) is 51.7 cm³/mol. The van der Waals surface area contributed by atoms with Gasteiger partial charge in [0.15, 0.2) is 29.1 Å². The number of halogens is 4. The molecule has 2 nitrogen and oxygen atoms in total. The second-order valence-electron chi connectivity index (χ2n) is 3.36. The van der Waals surface area contributed by atoms with Crippen molar-refractivity contribution in [2.45, 2.75) is 12.8 Å². The summed E-state index contributed by atoms with van der Waals surface area (Å²) in [5, 5.41) is 0. The minimum atomic E-state index is -1.66. The van der Waals surface area contributed by atoms with Gasteiger partial charge in [0.05, 0.1) is 5.56 Å². The second-order valence-corrected chi connectivity index (χ2v) is 3.36. The number of ether oxygens (including phenoxy) is 1. The summed E-state index contributed by atoms with van der Waals surface area (Å²) in [5.74, 6) is -7.48. The quantitative estimate of drug-likeness (QED) is 0.347. The molecule has 0 amide bonds. The Morgan fingerprint density at radius 2 is 1.71 bits per heavy atom. The van der Waals surface area contributed by atoms with Crippen LogP contribution < -0.4 is 0 Å². The van der Waals surface area contributed by atoms with Crippen molar-refractivity contribution < 1.29 is 27.1 Å². The smallest absolute Gasteiger partial charge is 0.172 e. The Bertz CT molecular complexity index is 406. The Balaban J connectivity index is 3.00. The van der Waals surface area contributed by atoms with Crippen LogP contribution in [0.1, 0.15) is 23.2 Å². The van der Waals surface area contributed by atoms with Crippen LogP contribution in [0.25, 0.3) is 0 Å². The van der Waals surface area contributed by atoms with E-state index >= 15 is 0 Å². The van der Waals surface area contributed by atoms with Gasteiger partial charge in [-0.15, -0.1) is 0 Å². The van der Waals surface area contributed by atoms with Crippen LogP contribution in [0.4, 0.5) is 17.6 Å². The number of Topliss-reactive ketones (excluding diaryl/α,β-unsaturated/α-hetero) is 1. The molecule has 0 N–H and O–H groups in total. The van der Waals surface area contributed by atoms with Crippen molar-refractivity contribution in [3.8, 4) is 0 Å². The van der Waals surface area contributed by atoms with Gasteiger partial charge < -0.3 is 4.74 Å². The van der Waals surface area contributed by atoms with Crippen molar-refractivity contribution in [2.24, 2.45) is 0 Å². The lowest BCUT2D eigenvalue weighted by molar-refractivity contribution is 0.0952. The molecule has 1 aromatic carbocycles. The minimum Gasteiger partial charge on any atom is -0.385 e. The molecule has 94 valence electrons. The van der Waals surface area contributed by atoms with E-state index in [0.29, 0.717) is 0 Å². The molecule has 1 aromatic rings. The molecule has 0 fully saturated rings. The van der Waals surface area contributed by atoms with E-state index in [1.54, 1.807) is 0 Å². The van der Waals surface area contributed by atoms with Crippen molar-refractivity contribution in [1.82, 2.24) is 0 Å². The van der Waals surface area contributed by atoms with E-state index in [1.807, 2.05) is 0 Å². The lowest BCUT2D eigenvalue weighted by Crippen LogP contribution is -2.10. The van der Waals surface area contributed by atoms with Gasteiger partial charge in [0.2, 0.25) is 0 Å². The van der Waals surface area contributed by atoms with E-state index in [2.05, 4.69) is 4.74 Å². The molecular weight excluding hydrogens is 240 g/mol. The van der Waals surface area contributed by atoms with Crippen molar-refractivity contribution in [2.75, 3.05) is 13.7 Å². The Morgan fingerprint density at radius 3 is 2.18 bits per heavy atom. The monoisotopic (exact) mass is 250 g/mol. The van der Waals surface area contributed by atoms with Gasteiger partial charge in [0.1, 0.15) is 0 Å².